The van der Waals surface area contributed by atoms with Gasteiger partial charge in [-0.1, -0.05) is 0 Å². The second-order valence-electron chi connectivity index (χ2n) is 3.22. The maximum Gasteiger partial charge on any atom is 0.195 e. The number of phenolic OH excluding ortho intramolecular Hbond substituents is 1. The summed E-state index contributed by atoms with van der Waals surface area (Å²) >= 11 is 3.23. The summed E-state index contributed by atoms with van der Waals surface area (Å²) in [5.41, 5.74) is 1.03. The lowest BCUT2D eigenvalue weighted by molar-refractivity contribution is 0.103. The van der Waals surface area contributed by atoms with Crippen LogP contribution in [0.5, 0.6) is 5.75 Å². The number of pyridine rings is 1. The Morgan fingerprint density at radius 1 is 1.19 bits per heavy atom. The standard InChI is InChI=1S/C12H8BrNO2/c13-12-10(2-1-7-14-12)11(16)8-3-5-9(15)6-4-8/h1-7,15H. The Hall–Kier alpha value is -1.68. The molecule has 0 aliphatic heterocycles. The van der Waals surface area contributed by atoms with E-state index in [0.29, 0.717) is 15.7 Å². The zero-order chi connectivity index (χ0) is 11.5. The molecule has 0 fully saturated rings. The van der Waals surface area contributed by atoms with Crippen LogP contribution in [0.3, 0.4) is 0 Å². The minimum atomic E-state index is -0.125. The second kappa shape index (κ2) is 4.45. The van der Waals surface area contributed by atoms with E-state index in [0.717, 1.165) is 0 Å². The van der Waals surface area contributed by atoms with Crippen molar-refractivity contribution < 1.29 is 9.90 Å². The zero-order valence-electron chi connectivity index (χ0n) is 8.22. The number of hydrogen-bond donors (Lipinski definition) is 1. The van der Waals surface area contributed by atoms with Crippen LogP contribution in [0.2, 0.25) is 0 Å². The van der Waals surface area contributed by atoms with Crippen molar-refractivity contribution in [3.05, 3.63) is 58.3 Å². The number of carbonyl (C=O) groups is 1. The van der Waals surface area contributed by atoms with Gasteiger partial charge in [0.2, 0.25) is 0 Å². The Morgan fingerprint density at radius 3 is 2.50 bits per heavy atom. The average molecular weight is 278 g/mol. The van der Waals surface area contributed by atoms with Gasteiger partial charge < -0.3 is 5.11 Å². The van der Waals surface area contributed by atoms with Crippen LogP contribution < -0.4 is 0 Å². The molecule has 0 saturated carbocycles. The molecular formula is C12H8BrNO2. The molecule has 2 aromatic rings. The molecule has 0 aliphatic rings. The van der Waals surface area contributed by atoms with Crippen molar-refractivity contribution in [1.29, 1.82) is 0 Å². The van der Waals surface area contributed by atoms with Gasteiger partial charge in [-0.25, -0.2) is 4.98 Å². The molecule has 2 rings (SSSR count). The van der Waals surface area contributed by atoms with Gasteiger partial charge in [0.25, 0.3) is 0 Å². The monoisotopic (exact) mass is 277 g/mol. The average Bonchev–Trinajstić information content (AvgIpc) is 2.30. The fourth-order valence-electron chi connectivity index (χ4n) is 1.32. The van der Waals surface area contributed by atoms with Crippen molar-refractivity contribution in [1.82, 2.24) is 4.98 Å². The van der Waals surface area contributed by atoms with E-state index in [1.165, 1.54) is 12.1 Å². The first-order chi connectivity index (χ1) is 7.68. The van der Waals surface area contributed by atoms with E-state index in [1.807, 2.05) is 0 Å². The fourth-order valence-corrected chi connectivity index (χ4v) is 1.75. The van der Waals surface area contributed by atoms with E-state index in [4.69, 9.17) is 5.11 Å². The highest BCUT2D eigenvalue weighted by Gasteiger charge is 2.12. The highest BCUT2D eigenvalue weighted by Crippen LogP contribution is 2.18. The number of halogens is 1. The number of aromatic nitrogens is 1. The van der Waals surface area contributed by atoms with Crippen LogP contribution in [-0.4, -0.2) is 15.9 Å². The first kappa shape index (κ1) is 10.8. The lowest BCUT2D eigenvalue weighted by atomic mass is 10.1. The van der Waals surface area contributed by atoms with E-state index in [2.05, 4.69) is 20.9 Å². The number of rotatable bonds is 2. The Bertz CT molecular complexity index is 523. The van der Waals surface area contributed by atoms with Gasteiger partial charge in [0, 0.05) is 11.8 Å². The summed E-state index contributed by atoms with van der Waals surface area (Å²) < 4.78 is 0.521. The van der Waals surface area contributed by atoms with E-state index in [1.54, 1.807) is 30.5 Å². The topological polar surface area (TPSA) is 50.2 Å². The molecule has 0 spiro atoms. The Labute approximate surface area is 101 Å². The Morgan fingerprint density at radius 2 is 1.88 bits per heavy atom. The van der Waals surface area contributed by atoms with Gasteiger partial charge in [-0.15, -0.1) is 0 Å². The van der Waals surface area contributed by atoms with Gasteiger partial charge in [0.05, 0.1) is 5.56 Å². The summed E-state index contributed by atoms with van der Waals surface area (Å²) in [5, 5.41) is 9.13. The van der Waals surface area contributed by atoms with Crippen LogP contribution in [0.15, 0.2) is 47.2 Å². The SMILES string of the molecule is O=C(c1ccc(O)cc1)c1cccnc1Br. The number of aromatic hydroxyl groups is 1. The Kier molecular flexibility index (Phi) is 3.01. The quantitative estimate of drug-likeness (QED) is 0.678. The second-order valence-corrected chi connectivity index (χ2v) is 3.97. The van der Waals surface area contributed by atoms with Crippen molar-refractivity contribution in [3.63, 3.8) is 0 Å². The first-order valence-electron chi connectivity index (χ1n) is 4.63. The molecule has 0 saturated heterocycles. The summed E-state index contributed by atoms with van der Waals surface area (Å²) in [6, 6.07) is 9.54. The normalized spacial score (nSPS) is 10.1. The van der Waals surface area contributed by atoms with Gasteiger partial charge in [0.1, 0.15) is 10.4 Å². The highest BCUT2D eigenvalue weighted by molar-refractivity contribution is 9.10. The van der Waals surface area contributed by atoms with Crippen molar-refractivity contribution in [2.45, 2.75) is 0 Å². The third-order valence-corrected chi connectivity index (χ3v) is 2.77. The van der Waals surface area contributed by atoms with Crippen molar-refractivity contribution in [2.75, 3.05) is 0 Å². The lowest BCUT2D eigenvalue weighted by Gasteiger charge is -2.02. The number of ketones is 1. The predicted octanol–water partition coefficient (Wildman–Crippen LogP) is 2.78. The van der Waals surface area contributed by atoms with Crippen molar-refractivity contribution in [2.24, 2.45) is 0 Å². The van der Waals surface area contributed by atoms with Gasteiger partial charge in [-0.2, -0.15) is 0 Å². The van der Waals surface area contributed by atoms with Gasteiger partial charge in [-0.05, 0) is 52.3 Å². The molecule has 1 aromatic carbocycles. The summed E-state index contributed by atoms with van der Waals surface area (Å²) in [5.74, 6) is 0.0155. The summed E-state index contributed by atoms with van der Waals surface area (Å²) in [4.78, 5) is 16.0. The molecule has 4 heteroatoms. The largest absolute Gasteiger partial charge is 0.508 e. The van der Waals surface area contributed by atoms with Crippen LogP contribution in [0, 0.1) is 0 Å². The number of hydrogen-bond acceptors (Lipinski definition) is 3. The summed E-state index contributed by atoms with van der Waals surface area (Å²) in [7, 11) is 0. The molecule has 0 amide bonds. The number of phenols is 1. The van der Waals surface area contributed by atoms with Crippen LogP contribution in [0.1, 0.15) is 15.9 Å². The minimum absolute atomic E-state index is 0.125. The molecular weight excluding hydrogens is 270 g/mol. The van der Waals surface area contributed by atoms with Gasteiger partial charge in [0.15, 0.2) is 5.78 Å². The number of carbonyl (C=O) groups excluding carboxylic acids is 1. The highest BCUT2D eigenvalue weighted by atomic mass is 79.9. The molecule has 16 heavy (non-hydrogen) atoms. The first-order valence-corrected chi connectivity index (χ1v) is 5.42. The third kappa shape index (κ3) is 2.12. The smallest absolute Gasteiger partial charge is 0.195 e. The molecule has 0 aliphatic carbocycles. The van der Waals surface area contributed by atoms with E-state index in [-0.39, 0.29) is 11.5 Å². The molecule has 3 nitrogen and oxygen atoms in total. The summed E-state index contributed by atoms with van der Waals surface area (Å²) in [6.07, 6.45) is 1.61. The molecule has 1 N–H and O–H groups in total. The molecule has 1 heterocycles. The molecule has 0 atom stereocenters. The van der Waals surface area contributed by atoms with Gasteiger partial charge in [-0.3, -0.25) is 4.79 Å². The number of benzene rings is 1. The lowest BCUT2D eigenvalue weighted by Crippen LogP contribution is -2.02. The Balaban J connectivity index is 2.40. The van der Waals surface area contributed by atoms with E-state index >= 15 is 0 Å². The van der Waals surface area contributed by atoms with Gasteiger partial charge >= 0.3 is 0 Å². The summed E-state index contributed by atoms with van der Waals surface area (Å²) in [6.45, 7) is 0. The molecule has 1 aromatic heterocycles. The predicted molar refractivity (Wildman–Crippen MR) is 63.5 cm³/mol. The van der Waals surface area contributed by atoms with E-state index in [9.17, 15) is 4.79 Å². The minimum Gasteiger partial charge on any atom is -0.508 e. The fraction of sp³-hybridized carbons (Fsp3) is 0. The van der Waals surface area contributed by atoms with Crippen LogP contribution >= 0.6 is 15.9 Å². The molecule has 80 valence electrons. The van der Waals surface area contributed by atoms with Crippen LogP contribution in [0.4, 0.5) is 0 Å². The maximum absolute atomic E-state index is 12.0. The maximum atomic E-state index is 12.0. The molecule has 0 unspecified atom stereocenters. The number of nitrogens with zero attached hydrogens (tertiary/aromatic N) is 1. The zero-order valence-corrected chi connectivity index (χ0v) is 9.81. The van der Waals surface area contributed by atoms with Crippen LogP contribution in [-0.2, 0) is 0 Å². The van der Waals surface area contributed by atoms with Crippen LogP contribution in [0.25, 0.3) is 0 Å². The van der Waals surface area contributed by atoms with Crippen molar-refractivity contribution in [3.8, 4) is 5.75 Å². The third-order valence-electron chi connectivity index (χ3n) is 2.13. The molecule has 0 radical (unpaired) electrons. The van der Waals surface area contributed by atoms with E-state index < -0.39 is 0 Å². The molecule has 0 bridgehead atoms. The van der Waals surface area contributed by atoms with Crippen molar-refractivity contribution >= 4 is 21.7 Å².